The van der Waals surface area contributed by atoms with Crippen molar-refractivity contribution in [2.75, 3.05) is 14.2 Å². The molecule has 1 aromatic carbocycles. The Morgan fingerprint density at radius 1 is 1.29 bits per heavy atom. The molecule has 0 heterocycles. The van der Waals surface area contributed by atoms with E-state index >= 15 is 0 Å². The molecule has 0 spiro atoms. The largest absolute Gasteiger partial charge is 0.493 e. The summed E-state index contributed by atoms with van der Waals surface area (Å²) in [6.07, 6.45) is 1.05. The monoisotopic (exact) mass is 193 g/mol. The first-order valence-electron chi connectivity index (χ1n) is 4.74. The summed E-state index contributed by atoms with van der Waals surface area (Å²) in [7, 11) is 3.31. The fraction of sp³-hybridized carbons (Fsp3) is 0.455. The molecule has 2 atom stereocenters. The van der Waals surface area contributed by atoms with Crippen molar-refractivity contribution in [1.29, 1.82) is 0 Å². The first kappa shape index (κ1) is 9.34. The van der Waals surface area contributed by atoms with Crippen molar-refractivity contribution in [2.45, 2.75) is 18.4 Å². The molecule has 0 unspecified atom stereocenters. The smallest absolute Gasteiger partial charge is 0.164 e. The third-order valence-electron chi connectivity index (χ3n) is 2.67. The topological polar surface area (TPSA) is 44.5 Å². The van der Waals surface area contributed by atoms with Crippen molar-refractivity contribution in [3.63, 3.8) is 0 Å². The standard InChI is InChI=1S/C11H15NO2/c1-13-10-5-3-4-7(11(10)14-2)8-6-9(8)12/h3-5,8-9H,6,12H2,1-2H3/t8-,9-/m0/s1. The molecule has 76 valence electrons. The second kappa shape index (κ2) is 3.50. The van der Waals surface area contributed by atoms with Gasteiger partial charge in [0.05, 0.1) is 14.2 Å². The van der Waals surface area contributed by atoms with Gasteiger partial charge < -0.3 is 15.2 Å². The zero-order valence-corrected chi connectivity index (χ0v) is 8.49. The Labute approximate surface area is 83.8 Å². The van der Waals surface area contributed by atoms with Crippen LogP contribution in [0.1, 0.15) is 17.9 Å². The molecule has 14 heavy (non-hydrogen) atoms. The molecule has 0 aromatic heterocycles. The number of hydrogen-bond acceptors (Lipinski definition) is 3. The minimum Gasteiger partial charge on any atom is -0.493 e. The van der Waals surface area contributed by atoms with Gasteiger partial charge >= 0.3 is 0 Å². The SMILES string of the molecule is COc1cccc([C@@H]2C[C@@H]2N)c1OC. The Bertz CT molecular complexity index is 338. The highest BCUT2D eigenvalue weighted by Crippen LogP contribution is 2.46. The van der Waals surface area contributed by atoms with Crippen molar-refractivity contribution < 1.29 is 9.47 Å². The molecule has 1 aliphatic rings. The van der Waals surface area contributed by atoms with Gasteiger partial charge in [-0.3, -0.25) is 0 Å². The average molecular weight is 193 g/mol. The van der Waals surface area contributed by atoms with Gasteiger partial charge in [0.1, 0.15) is 0 Å². The number of rotatable bonds is 3. The van der Waals surface area contributed by atoms with Crippen LogP contribution >= 0.6 is 0 Å². The van der Waals surface area contributed by atoms with Crippen LogP contribution in [-0.2, 0) is 0 Å². The normalized spacial score (nSPS) is 24.5. The van der Waals surface area contributed by atoms with E-state index in [9.17, 15) is 0 Å². The van der Waals surface area contributed by atoms with Crippen LogP contribution in [0.15, 0.2) is 18.2 Å². The molecule has 3 nitrogen and oxygen atoms in total. The van der Waals surface area contributed by atoms with Gasteiger partial charge in [0.15, 0.2) is 11.5 Å². The van der Waals surface area contributed by atoms with Crippen LogP contribution in [0.3, 0.4) is 0 Å². The fourth-order valence-electron chi connectivity index (χ4n) is 1.78. The highest BCUT2D eigenvalue weighted by atomic mass is 16.5. The zero-order chi connectivity index (χ0) is 10.1. The number of ether oxygens (including phenoxy) is 2. The average Bonchev–Trinajstić information content (AvgIpc) is 2.94. The molecule has 0 radical (unpaired) electrons. The summed E-state index contributed by atoms with van der Waals surface area (Å²) in [5.41, 5.74) is 6.98. The first-order valence-corrected chi connectivity index (χ1v) is 4.74. The summed E-state index contributed by atoms with van der Waals surface area (Å²) < 4.78 is 10.6. The van der Waals surface area contributed by atoms with Gasteiger partial charge in [-0.05, 0) is 12.5 Å². The molecule has 0 aliphatic heterocycles. The van der Waals surface area contributed by atoms with E-state index in [0.717, 1.165) is 17.9 Å². The first-order chi connectivity index (χ1) is 6.77. The Hall–Kier alpha value is -1.22. The van der Waals surface area contributed by atoms with Crippen molar-refractivity contribution in [2.24, 2.45) is 5.73 Å². The van der Waals surface area contributed by atoms with E-state index in [2.05, 4.69) is 6.07 Å². The summed E-state index contributed by atoms with van der Waals surface area (Å²) >= 11 is 0. The van der Waals surface area contributed by atoms with E-state index in [1.807, 2.05) is 12.1 Å². The summed E-state index contributed by atoms with van der Waals surface area (Å²) in [6.45, 7) is 0. The van der Waals surface area contributed by atoms with E-state index in [0.29, 0.717) is 5.92 Å². The fourth-order valence-corrected chi connectivity index (χ4v) is 1.78. The molecule has 0 amide bonds. The van der Waals surface area contributed by atoms with Crippen LogP contribution in [0, 0.1) is 0 Å². The summed E-state index contributed by atoms with van der Waals surface area (Å²) in [6, 6.07) is 6.22. The highest BCUT2D eigenvalue weighted by molar-refractivity contribution is 5.50. The Morgan fingerprint density at radius 3 is 2.50 bits per heavy atom. The lowest BCUT2D eigenvalue weighted by Crippen LogP contribution is -2.02. The van der Waals surface area contributed by atoms with E-state index in [1.54, 1.807) is 14.2 Å². The van der Waals surface area contributed by atoms with Crippen LogP contribution in [0.4, 0.5) is 0 Å². The van der Waals surface area contributed by atoms with Gasteiger partial charge in [0.25, 0.3) is 0 Å². The van der Waals surface area contributed by atoms with E-state index in [1.165, 1.54) is 5.56 Å². The number of para-hydroxylation sites is 1. The van der Waals surface area contributed by atoms with Gasteiger partial charge in [0, 0.05) is 17.5 Å². The molecular weight excluding hydrogens is 178 g/mol. The molecule has 2 N–H and O–H groups in total. The quantitative estimate of drug-likeness (QED) is 0.791. The van der Waals surface area contributed by atoms with Gasteiger partial charge in [-0.25, -0.2) is 0 Å². The van der Waals surface area contributed by atoms with Crippen LogP contribution in [0.5, 0.6) is 11.5 Å². The van der Waals surface area contributed by atoms with Crippen molar-refractivity contribution in [3.8, 4) is 11.5 Å². The van der Waals surface area contributed by atoms with Crippen LogP contribution < -0.4 is 15.2 Å². The lowest BCUT2D eigenvalue weighted by molar-refractivity contribution is 0.351. The van der Waals surface area contributed by atoms with Gasteiger partial charge in [-0.15, -0.1) is 0 Å². The van der Waals surface area contributed by atoms with E-state index < -0.39 is 0 Å². The minimum atomic E-state index is 0.288. The molecule has 1 fully saturated rings. The second-order valence-electron chi connectivity index (χ2n) is 3.59. The Kier molecular flexibility index (Phi) is 2.33. The Balaban J connectivity index is 2.38. The zero-order valence-electron chi connectivity index (χ0n) is 8.49. The molecule has 3 heteroatoms. The van der Waals surface area contributed by atoms with Crippen LogP contribution in [0.25, 0.3) is 0 Å². The number of benzene rings is 1. The van der Waals surface area contributed by atoms with E-state index in [-0.39, 0.29) is 6.04 Å². The molecule has 2 rings (SSSR count). The third-order valence-corrected chi connectivity index (χ3v) is 2.67. The summed E-state index contributed by atoms with van der Waals surface area (Å²) in [5, 5.41) is 0. The van der Waals surface area contributed by atoms with Crippen LogP contribution in [0.2, 0.25) is 0 Å². The minimum absolute atomic E-state index is 0.288. The maximum Gasteiger partial charge on any atom is 0.164 e. The van der Waals surface area contributed by atoms with Crippen molar-refractivity contribution in [3.05, 3.63) is 23.8 Å². The maximum absolute atomic E-state index is 5.82. The molecule has 0 bridgehead atoms. The van der Waals surface area contributed by atoms with Crippen molar-refractivity contribution in [1.82, 2.24) is 0 Å². The number of hydrogen-bond donors (Lipinski definition) is 1. The predicted octanol–water partition coefficient (Wildman–Crippen LogP) is 1.52. The molecular formula is C11H15NO2. The molecule has 1 aliphatic carbocycles. The lowest BCUT2D eigenvalue weighted by Gasteiger charge is -2.11. The van der Waals surface area contributed by atoms with Crippen LogP contribution in [-0.4, -0.2) is 20.3 Å². The number of nitrogens with two attached hydrogens (primary N) is 1. The van der Waals surface area contributed by atoms with Gasteiger partial charge in [0.2, 0.25) is 0 Å². The molecule has 1 aromatic rings. The summed E-state index contributed by atoms with van der Waals surface area (Å²) in [5.74, 6) is 2.05. The van der Waals surface area contributed by atoms with Crippen molar-refractivity contribution >= 4 is 0 Å². The summed E-state index contributed by atoms with van der Waals surface area (Å²) in [4.78, 5) is 0. The maximum atomic E-state index is 5.82. The van der Waals surface area contributed by atoms with Gasteiger partial charge in [-0.2, -0.15) is 0 Å². The second-order valence-corrected chi connectivity index (χ2v) is 3.59. The third kappa shape index (κ3) is 1.44. The van der Waals surface area contributed by atoms with E-state index in [4.69, 9.17) is 15.2 Å². The Morgan fingerprint density at radius 2 is 2.00 bits per heavy atom. The molecule has 1 saturated carbocycles. The highest BCUT2D eigenvalue weighted by Gasteiger charge is 2.37. The predicted molar refractivity (Wildman–Crippen MR) is 54.9 cm³/mol. The lowest BCUT2D eigenvalue weighted by atomic mass is 10.1. The number of methoxy groups -OCH3 is 2. The van der Waals surface area contributed by atoms with Gasteiger partial charge in [-0.1, -0.05) is 12.1 Å². The molecule has 0 saturated heterocycles.